The van der Waals surface area contributed by atoms with Gasteiger partial charge in [0, 0.05) is 25.1 Å². The standard InChI is InChI=1S/C17H28N2O3/c1-6-21-11-13-8-7-9-19(10-13)16(20)14-12(2)22-18-15(14)17(3,4)5/h13H,6-11H2,1-5H3. The first kappa shape index (κ1) is 17.0. The molecule has 0 bridgehead atoms. The molecule has 1 aliphatic heterocycles. The van der Waals surface area contributed by atoms with Crippen molar-refractivity contribution in [3.05, 3.63) is 17.0 Å². The van der Waals surface area contributed by atoms with Crippen LogP contribution >= 0.6 is 0 Å². The van der Waals surface area contributed by atoms with Gasteiger partial charge >= 0.3 is 0 Å². The van der Waals surface area contributed by atoms with Crippen LogP contribution in [0.2, 0.25) is 0 Å². The molecule has 5 heteroatoms. The minimum atomic E-state index is -0.205. The summed E-state index contributed by atoms with van der Waals surface area (Å²) in [5.74, 6) is 1.09. The fourth-order valence-electron chi connectivity index (χ4n) is 2.96. The number of hydrogen-bond donors (Lipinski definition) is 0. The lowest BCUT2D eigenvalue weighted by molar-refractivity contribution is 0.0498. The molecule has 1 unspecified atom stereocenters. The Morgan fingerprint density at radius 3 is 2.82 bits per heavy atom. The fraction of sp³-hybridized carbons (Fsp3) is 0.765. The van der Waals surface area contributed by atoms with E-state index in [4.69, 9.17) is 9.26 Å². The molecular weight excluding hydrogens is 280 g/mol. The summed E-state index contributed by atoms with van der Waals surface area (Å²) in [5.41, 5.74) is 1.19. The van der Waals surface area contributed by atoms with Crippen molar-refractivity contribution in [1.29, 1.82) is 0 Å². The van der Waals surface area contributed by atoms with E-state index >= 15 is 0 Å². The molecule has 2 heterocycles. The Labute approximate surface area is 133 Å². The van der Waals surface area contributed by atoms with Crippen molar-refractivity contribution < 1.29 is 14.1 Å². The van der Waals surface area contributed by atoms with Crippen LogP contribution in [0.4, 0.5) is 0 Å². The summed E-state index contributed by atoms with van der Waals surface area (Å²) in [6.07, 6.45) is 2.15. The molecule has 1 aromatic rings. The summed E-state index contributed by atoms with van der Waals surface area (Å²) < 4.78 is 10.8. The molecule has 124 valence electrons. The number of carbonyl (C=O) groups excluding carboxylic acids is 1. The average Bonchev–Trinajstić information content (AvgIpc) is 2.86. The van der Waals surface area contributed by atoms with Crippen LogP contribution in [-0.2, 0) is 10.2 Å². The van der Waals surface area contributed by atoms with E-state index in [1.807, 2.05) is 18.7 Å². The van der Waals surface area contributed by atoms with Gasteiger partial charge in [-0.3, -0.25) is 4.79 Å². The molecule has 2 rings (SSSR count). The van der Waals surface area contributed by atoms with E-state index in [0.29, 0.717) is 17.2 Å². The minimum Gasteiger partial charge on any atom is -0.381 e. The molecule has 1 atom stereocenters. The van der Waals surface area contributed by atoms with Crippen molar-refractivity contribution in [2.45, 2.75) is 52.9 Å². The largest absolute Gasteiger partial charge is 0.381 e. The molecule has 1 fully saturated rings. The van der Waals surface area contributed by atoms with E-state index in [-0.39, 0.29) is 11.3 Å². The Kier molecular flexibility index (Phi) is 5.27. The zero-order valence-corrected chi connectivity index (χ0v) is 14.4. The second-order valence-electron chi connectivity index (χ2n) is 7.13. The van der Waals surface area contributed by atoms with Gasteiger partial charge in [0.15, 0.2) is 0 Å². The smallest absolute Gasteiger partial charge is 0.259 e. The minimum absolute atomic E-state index is 0.0462. The highest BCUT2D eigenvalue weighted by molar-refractivity contribution is 5.96. The molecule has 0 aromatic carbocycles. The summed E-state index contributed by atoms with van der Waals surface area (Å²) in [6, 6.07) is 0. The van der Waals surface area contributed by atoms with E-state index in [9.17, 15) is 4.79 Å². The number of hydrogen-bond acceptors (Lipinski definition) is 4. The predicted octanol–water partition coefficient (Wildman–Crippen LogP) is 3.17. The monoisotopic (exact) mass is 308 g/mol. The Bertz CT molecular complexity index is 516. The third-order valence-electron chi connectivity index (χ3n) is 4.15. The van der Waals surface area contributed by atoms with Crippen LogP contribution in [0.3, 0.4) is 0 Å². The lowest BCUT2D eigenvalue weighted by Gasteiger charge is -2.33. The molecule has 1 aromatic heterocycles. The SMILES string of the molecule is CCOCC1CCCN(C(=O)c2c(C(C)(C)C)noc2C)C1. The van der Waals surface area contributed by atoms with Crippen molar-refractivity contribution >= 4 is 5.91 Å². The number of nitrogens with zero attached hydrogens (tertiary/aromatic N) is 2. The van der Waals surface area contributed by atoms with E-state index < -0.39 is 0 Å². The topological polar surface area (TPSA) is 55.6 Å². The van der Waals surface area contributed by atoms with Crippen molar-refractivity contribution in [2.24, 2.45) is 5.92 Å². The molecular formula is C17H28N2O3. The van der Waals surface area contributed by atoms with Crippen molar-refractivity contribution in [3.63, 3.8) is 0 Å². The van der Waals surface area contributed by atoms with Crippen LogP contribution in [0.15, 0.2) is 4.52 Å². The highest BCUT2D eigenvalue weighted by Crippen LogP contribution is 2.29. The van der Waals surface area contributed by atoms with Gasteiger partial charge in [0.1, 0.15) is 17.0 Å². The highest BCUT2D eigenvalue weighted by Gasteiger charge is 2.33. The third kappa shape index (κ3) is 3.69. The summed E-state index contributed by atoms with van der Waals surface area (Å²) in [5, 5.41) is 4.12. The molecule has 5 nitrogen and oxygen atoms in total. The van der Waals surface area contributed by atoms with Gasteiger partial charge in [-0.2, -0.15) is 0 Å². The normalized spacial score (nSPS) is 19.5. The first-order chi connectivity index (χ1) is 10.3. The van der Waals surface area contributed by atoms with Gasteiger partial charge in [-0.25, -0.2) is 0 Å². The van der Waals surface area contributed by atoms with Gasteiger partial charge in [0.2, 0.25) is 0 Å². The lowest BCUT2D eigenvalue weighted by atomic mass is 9.88. The molecule has 22 heavy (non-hydrogen) atoms. The van der Waals surface area contributed by atoms with E-state index in [1.54, 1.807) is 0 Å². The maximum atomic E-state index is 13.0. The number of rotatable bonds is 4. The second-order valence-corrected chi connectivity index (χ2v) is 7.13. The summed E-state index contributed by atoms with van der Waals surface area (Å²) in [7, 11) is 0. The summed E-state index contributed by atoms with van der Waals surface area (Å²) in [4.78, 5) is 14.9. The molecule has 0 radical (unpaired) electrons. The maximum Gasteiger partial charge on any atom is 0.259 e. The number of carbonyl (C=O) groups is 1. The van der Waals surface area contributed by atoms with Gasteiger partial charge < -0.3 is 14.2 Å². The number of aryl methyl sites for hydroxylation is 1. The molecule has 0 spiro atoms. The maximum absolute atomic E-state index is 13.0. The number of ether oxygens (including phenoxy) is 1. The van der Waals surface area contributed by atoms with Gasteiger partial charge in [0.25, 0.3) is 5.91 Å². The van der Waals surface area contributed by atoms with Crippen LogP contribution in [0, 0.1) is 12.8 Å². The van der Waals surface area contributed by atoms with Gasteiger partial charge in [0.05, 0.1) is 6.61 Å². The molecule has 1 aliphatic rings. The first-order valence-electron chi connectivity index (χ1n) is 8.18. The molecule has 0 aliphatic carbocycles. The third-order valence-corrected chi connectivity index (χ3v) is 4.15. The van der Waals surface area contributed by atoms with Gasteiger partial charge in [-0.15, -0.1) is 0 Å². The summed E-state index contributed by atoms with van der Waals surface area (Å²) >= 11 is 0. The van der Waals surface area contributed by atoms with Crippen molar-refractivity contribution in [2.75, 3.05) is 26.3 Å². The molecule has 0 saturated carbocycles. The Morgan fingerprint density at radius 2 is 2.18 bits per heavy atom. The molecule has 1 amide bonds. The Hall–Kier alpha value is -1.36. The van der Waals surface area contributed by atoms with E-state index in [1.165, 1.54) is 0 Å². The first-order valence-corrected chi connectivity index (χ1v) is 8.18. The van der Waals surface area contributed by atoms with E-state index in [2.05, 4.69) is 25.9 Å². The summed E-state index contributed by atoms with van der Waals surface area (Å²) in [6.45, 7) is 13.0. The average molecular weight is 308 g/mol. The Balaban J connectivity index is 2.16. The lowest BCUT2D eigenvalue weighted by Crippen LogP contribution is -2.42. The zero-order chi connectivity index (χ0) is 16.3. The van der Waals surface area contributed by atoms with Crippen LogP contribution < -0.4 is 0 Å². The van der Waals surface area contributed by atoms with Crippen LogP contribution in [0.25, 0.3) is 0 Å². The van der Waals surface area contributed by atoms with Crippen LogP contribution in [0.5, 0.6) is 0 Å². The molecule has 0 N–H and O–H groups in total. The van der Waals surface area contributed by atoms with Crippen molar-refractivity contribution in [1.82, 2.24) is 10.1 Å². The van der Waals surface area contributed by atoms with Gasteiger partial charge in [-0.05, 0) is 32.6 Å². The Morgan fingerprint density at radius 1 is 1.45 bits per heavy atom. The number of likely N-dealkylation sites (tertiary alicyclic amines) is 1. The predicted molar refractivity (Wildman–Crippen MR) is 85.1 cm³/mol. The van der Waals surface area contributed by atoms with E-state index in [0.717, 1.165) is 44.8 Å². The molecule has 1 saturated heterocycles. The second kappa shape index (κ2) is 6.82. The quantitative estimate of drug-likeness (QED) is 0.857. The number of amides is 1. The fourth-order valence-corrected chi connectivity index (χ4v) is 2.96. The van der Waals surface area contributed by atoms with Crippen LogP contribution in [0.1, 0.15) is 62.3 Å². The van der Waals surface area contributed by atoms with Crippen molar-refractivity contribution in [3.8, 4) is 0 Å². The van der Waals surface area contributed by atoms with Gasteiger partial charge in [-0.1, -0.05) is 25.9 Å². The highest BCUT2D eigenvalue weighted by atomic mass is 16.5. The number of piperidine rings is 1. The zero-order valence-electron chi connectivity index (χ0n) is 14.4. The number of aromatic nitrogens is 1. The van der Waals surface area contributed by atoms with Crippen LogP contribution in [-0.4, -0.2) is 42.3 Å².